The van der Waals surface area contributed by atoms with E-state index in [1.54, 1.807) is 0 Å². The van der Waals surface area contributed by atoms with Crippen molar-refractivity contribution >= 4 is 36.4 Å². The predicted octanol–water partition coefficient (Wildman–Crippen LogP) is 2.28. The third-order valence-corrected chi connectivity index (χ3v) is 4.62. The molecule has 56 valence electrons. The summed E-state index contributed by atoms with van der Waals surface area (Å²) in [5.74, 6) is -2.08. The third-order valence-electron chi connectivity index (χ3n) is 0.625. The van der Waals surface area contributed by atoms with Crippen molar-refractivity contribution in [3.63, 3.8) is 0 Å². The lowest BCUT2D eigenvalue weighted by Gasteiger charge is -2.15. The van der Waals surface area contributed by atoms with E-state index in [9.17, 15) is 0 Å². The van der Waals surface area contributed by atoms with E-state index in [4.69, 9.17) is 8.85 Å². The van der Waals surface area contributed by atoms with E-state index >= 15 is 0 Å². The Morgan fingerprint density at radius 2 is 1.44 bits per heavy atom. The van der Waals surface area contributed by atoms with Gasteiger partial charge in [0.1, 0.15) is 0 Å². The Bertz CT molecular complexity index is 71.0. The SMILES string of the molecule is CCO[Si](Br)(Br)OCC. The van der Waals surface area contributed by atoms with Gasteiger partial charge < -0.3 is 8.85 Å². The fraction of sp³-hybridized carbons (Fsp3) is 1.00. The monoisotopic (exact) mass is 276 g/mol. The Morgan fingerprint density at radius 1 is 1.11 bits per heavy atom. The molecule has 0 spiro atoms. The van der Waals surface area contributed by atoms with Gasteiger partial charge in [-0.25, -0.2) is 0 Å². The molecule has 0 radical (unpaired) electrons. The Labute approximate surface area is 72.3 Å². The summed E-state index contributed by atoms with van der Waals surface area (Å²) < 4.78 is 10.4. The first-order chi connectivity index (χ1) is 4.12. The molecule has 0 bridgehead atoms. The van der Waals surface area contributed by atoms with Crippen LogP contribution in [0.2, 0.25) is 0 Å². The van der Waals surface area contributed by atoms with Gasteiger partial charge in [-0.3, -0.25) is 0 Å². The van der Waals surface area contributed by atoms with E-state index in [0.29, 0.717) is 13.2 Å². The van der Waals surface area contributed by atoms with Crippen LogP contribution >= 0.6 is 30.6 Å². The maximum absolute atomic E-state index is 5.22. The Kier molecular flexibility index (Phi) is 5.43. The van der Waals surface area contributed by atoms with E-state index in [1.807, 2.05) is 13.8 Å². The van der Waals surface area contributed by atoms with E-state index in [0.717, 1.165) is 0 Å². The fourth-order valence-corrected chi connectivity index (χ4v) is 3.88. The van der Waals surface area contributed by atoms with Gasteiger partial charge in [-0.05, 0) is 44.4 Å². The number of hydrogen-bond acceptors (Lipinski definition) is 2. The highest BCUT2D eigenvalue weighted by Gasteiger charge is 2.29. The van der Waals surface area contributed by atoms with Crippen LogP contribution in [-0.2, 0) is 8.85 Å². The standard InChI is InChI=1S/C4H10Br2O2Si/c1-3-7-9(5,6)8-4-2/h3-4H2,1-2H3. The Balaban J connectivity index is 3.43. The second-order valence-corrected chi connectivity index (χ2v) is 12.3. The molecule has 5 heteroatoms. The summed E-state index contributed by atoms with van der Waals surface area (Å²) in [6.07, 6.45) is 0. The van der Waals surface area contributed by atoms with Gasteiger partial charge >= 0.3 is 5.80 Å². The van der Waals surface area contributed by atoms with Crippen LogP contribution in [0.3, 0.4) is 0 Å². The maximum atomic E-state index is 5.22. The predicted molar refractivity (Wildman–Crippen MR) is 46.9 cm³/mol. The average molecular weight is 278 g/mol. The van der Waals surface area contributed by atoms with Crippen LogP contribution in [0.15, 0.2) is 0 Å². The molecular formula is C4H10Br2O2Si. The minimum Gasteiger partial charge on any atom is -0.379 e. The molecule has 0 heterocycles. The van der Waals surface area contributed by atoms with Crippen LogP contribution in [0.4, 0.5) is 0 Å². The van der Waals surface area contributed by atoms with Crippen LogP contribution in [-0.4, -0.2) is 19.0 Å². The molecule has 0 rings (SSSR count). The first-order valence-corrected chi connectivity index (χ1v) is 9.11. The molecule has 0 unspecified atom stereocenters. The zero-order chi connectivity index (χ0) is 7.33. The minimum atomic E-state index is -2.08. The molecule has 0 aromatic heterocycles. The van der Waals surface area contributed by atoms with Crippen molar-refractivity contribution in [2.24, 2.45) is 0 Å². The molecule has 0 amide bonds. The molecule has 0 saturated heterocycles. The lowest BCUT2D eigenvalue weighted by Crippen LogP contribution is -2.27. The van der Waals surface area contributed by atoms with Crippen LogP contribution in [0.5, 0.6) is 0 Å². The quantitative estimate of drug-likeness (QED) is 0.580. The van der Waals surface area contributed by atoms with Crippen molar-refractivity contribution in [1.29, 1.82) is 0 Å². The summed E-state index contributed by atoms with van der Waals surface area (Å²) in [5, 5.41) is 0. The highest BCUT2D eigenvalue weighted by atomic mass is 79.9. The first-order valence-electron chi connectivity index (χ1n) is 2.78. The molecule has 0 aromatic carbocycles. The van der Waals surface area contributed by atoms with E-state index in [-0.39, 0.29) is 0 Å². The number of rotatable bonds is 4. The van der Waals surface area contributed by atoms with Gasteiger partial charge in [-0.2, -0.15) is 0 Å². The van der Waals surface area contributed by atoms with Crippen molar-refractivity contribution in [3.8, 4) is 0 Å². The second-order valence-electron chi connectivity index (χ2n) is 1.33. The van der Waals surface area contributed by atoms with Gasteiger partial charge in [0, 0.05) is 13.2 Å². The van der Waals surface area contributed by atoms with Gasteiger partial charge in [0.25, 0.3) is 0 Å². The molecule has 0 aliphatic carbocycles. The lowest BCUT2D eigenvalue weighted by atomic mass is 10.9. The summed E-state index contributed by atoms with van der Waals surface area (Å²) in [6, 6.07) is 0. The highest BCUT2D eigenvalue weighted by Crippen LogP contribution is 2.22. The molecule has 0 aliphatic heterocycles. The molecule has 2 nitrogen and oxygen atoms in total. The zero-order valence-corrected chi connectivity index (χ0v) is 9.66. The summed E-state index contributed by atoms with van der Waals surface area (Å²) in [6.45, 7) is 5.21. The molecule has 0 aliphatic rings. The average Bonchev–Trinajstić information content (AvgIpc) is 1.64. The molecule has 0 saturated carbocycles. The Morgan fingerprint density at radius 3 is 1.67 bits per heavy atom. The maximum Gasteiger partial charge on any atom is 0.490 e. The molecule has 0 atom stereocenters. The minimum absolute atomic E-state index is 0.669. The lowest BCUT2D eigenvalue weighted by molar-refractivity contribution is 0.229. The summed E-state index contributed by atoms with van der Waals surface area (Å²) in [4.78, 5) is 0. The van der Waals surface area contributed by atoms with Crippen molar-refractivity contribution < 1.29 is 8.85 Å². The summed E-state index contributed by atoms with van der Waals surface area (Å²) in [5.41, 5.74) is 0. The van der Waals surface area contributed by atoms with Crippen LogP contribution in [0.1, 0.15) is 13.8 Å². The van der Waals surface area contributed by atoms with Crippen molar-refractivity contribution in [1.82, 2.24) is 0 Å². The largest absolute Gasteiger partial charge is 0.490 e. The smallest absolute Gasteiger partial charge is 0.379 e. The van der Waals surface area contributed by atoms with E-state index < -0.39 is 5.80 Å². The molecular weight excluding hydrogens is 268 g/mol. The van der Waals surface area contributed by atoms with Crippen LogP contribution < -0.4 is 0 Å². The molecule has 0 fully saturated rings. The highest BCUT2D eigenvalue weighted by molar-refractivity contribution is 9.50. The van der Waals surface area contributed by atoms with Crippen LogP contribution in [0, 0.1) is 0 Å². The summed E-state index contributed by atoms with van der Waals surface area (Å²) in [7, 11) is 0. The van der Waals surface area contributed by atoms with Crippen molar-refractivity contribution in [3.05, 3.63) is 0 Å². The van der Waals surface area contributed by atoms with Crippen molar-refractivity contribution in [2.45, 2.75) is 13.8 Å². The van der Waals surface area contributed by atoms with Gasteiger partial charge in [-0.15, -0.1) is 0 Å². The fourth-order valence-electron chi connectivity index (χ4n) is 0.378. The van der Waals surface area contributed by atoms with Crippen molar-refractivity contribution in [2.75, 3.05) is 13.2 Å². The van der Waals surface area contributed by atoms with E-state index in [1.165, 1.54) is 0 Å². The first kappa shape index (κ1) is 10.1. The topological polar surface area (TPSA) is 18.5 Å². The van der Waals surface area contributed by atoms with E-state index in [2.05, 4.69) is 30.6 Å². The van der Waals surface area contributed by atoms with Gasteiger partial charge in [0.2, 0.25) is 0 Å². The third kappa shape index (κ3) is 5.54. The van der Waals surface area contributed by atoms with Gasteiger partial charge in [0.15, 0.2) is 0 Å². The molecule has 9 heavy (non-hydrogen) atoms. The number of hydrogen-bond donors (Lipinski definition) is 0. The normalized spacial score (nSPS) is 12.0. The Hall–Kier alpha value is 1.10. The zero-order valence-electron chi connectivity index (χ0n) is 5.49. The molecule has 0 N–H and O–H groups in total. The molecule has 0 aromatic rings. The van der Waals surface area contributed by atoms with Crippen LogP contribution in [0.25, 0.3) is 0 Å². The summed E-state index contributed by atoms with van der Waals surface area (Å²) >= 11 is 6.63. The van der Waals surface area contributed by atoms with Gasteiger partial charge in [-0.1, -0.05) is 0 Å². The second kappa shape index (κ2) is 4.84. The van der Waals surface area contributed by atoms with Gasteiger partial charge in [0.05, 0.1) is 0 Å². The number of halogens is 2.